The van der Waals surface area contributed by atoms with Crippen LogP contribution in [0.4, 0.5) is 19.0 Å². The molecular formula is C15H15BrF3N5O. The van der Waals surface area contributed by atoms with Gasteiger partial charge in [-0.15, -0.1) is 0 Å². The molecule has 1 aliphatic heterocycles. The second-order valence-corrected chi connectivity index (χ2v) is 6.50. The molecule has 10 heteroatoms. The van der Waals surface area contributed by atoms with Gasteiger partial charge in [-0.3, -0.25) is 9.48 Å². The van der Waals surface area contributed by atoms with E-state index in [2.05, 4.69) is 26.0 Å². The Kier molecular flexibility index (Phi) is 4.72. The molecule has 0 atom stereocenters. The quantitative estimate of drug-likeness (QED) is 0.753. The molecule has 6 nitrogen and oxygen atoms in total. The highest BCUT2D eigenvalue weighted by Gasteiger charge is 2.32. The van der Waals surface area contributed by atoms with Crippen LogP contribution in [-0.2, 0) is 13.2 Å². The van der Waals surface area contributed by atoms with E-state index in [1.54, 1.807) is 24.2 Å². The molecule has 0 aliphatic carbocycles. The summed E-state index contributed by atoms with van der Waals surface area (Å²) in [5.74, 6) is 0.333. The van der Waals surface area contributed by atoms with Crippen molar-refractivity contribution in [2.24, 2.45) is 7.05 Å². The fourth-order valence-electron chi connectivity index (χ4n) is 2.69. The highest BCUT2D eigenvalue weighted by atomic mass is 79.9. The van der Waals surface area contributed by atoms with E-state index in [4.69, 9.17) is 0 Å². The summed E-state index contributed by atoms with van der Waals surface area (Å²) in [5.41, 5.74) is -0.296. The summed E-state index contributed by atoms with van der Waals surface area (Å²) in [7, 11) is 1.70. The van der Waals surface area contributed by atoms with E-state index in [1.165, 1.54) is 4.68 Å². The third-order valence-corrected chi connectivity index (χ3v) is 4.64. The standard InChI is InChI=1S/C15H15BrF3N5O/c1-22-12(2-3-21-22)14(25)24-6-4-23(5-7-24)13-11(16)8-10(9-20-13)15(17,18)19/h2-3,8-9H,4-7H2,1H3. The number of hydrogen-bond acceptors (Lipinski definition) is 4. The Morgan fingerprint density at radius 3 is 2.44 bits per heavy atom. The van der Waals surface area contributed by atoms with Gasteiger partial charge >= 0.3 is 6.18 Å². The van der Waals surface area contributed by atoms with Gasteiger partial charge in [-0.1, -0.05) is 0 Å². The van der Waals surface area contributed by atoms with Crippen LogP contribution in [0, 0.1) is 0 Å². The predicted molar refractivity (Wildman–Crippen MR) is 88.3 cm³/mol. The zero-order valence-corrected chi connectivity index (χ0v) is 14.9. The lowest BCUT2D eigenvalue weighted by Gasteiger charge is -2.35. The van der Waals surface area contributed by atoms with E-state index in [9.17, 15) is 18.0 Å². The average molecular weight is 418 g/mol. The van der Waals surface area contributed by atoms with Gasteiger partial charge in [-0.2, -0.15) is 18.3 Å². The van der Waals surface area contributed by atoms with Crippen LogP contribution in [0.25, 0.3) is 0 Å². The number of aryl methyl sites for hydroxylation is 1. The van der Waals surface area contributed by atoms with E-state index < -0.39 is 11.7 Å². The molecule has 0 N–H and O–H groups in total. The molecule has 0 aromatic carbocycles. The van der Waals surface area contributed by atoms with E-state index in [0.29, 0.717) is 37.7 Å². The number of carbonyl (C=O) groups is 1. The molecule has 0 unspecified atom stereocenters. The number of pyridine rings is 1. The molecule has 0 spiro atoms. The van der Waals surface area contributed by atoms with Gasteiger partial charge in [0.15, 0.2) is 0 Å². The zero-order chi connectivity index (χ0) is 18.2. The molecule has 1 amide bonds. The second kappa shape index (κ2) is 6.66. The molecule has 0 radical (unpaired) electrons. The molecule has 3 rings (SSSR count). The topological polar surface area (TPSA) is 54.3 Å². The Balaban J connectivity index is 1.68. The van der Waals surface area contributed by atoms with E-state index in [1.807, 2.05) is 4.90 Å². The largest absolute Gasteiger partial charge is 0.417 e. The van der Waals surface area contributed by atoms with Crippen molar-refractivity contribution >= 4 is 27.7 Å². The van der Waals surface area contributed by atoms with Gasteiger partial charge in [-0.05, 0) is 28.1 Å². The highest BCUT2D eigenvalue weighted by Crippen LogP contribution is 2.33. The number of alkyl halides is 3. The Bertz CT molecular complexity index is 784. The minimum Gasteiger partial charge on any atom is -0.352 e. The Labute approximate surface area is 150 Å². The van der Waals surface area contributed by atoms with Crippen molar-refractivity contribution in [1.82, 2.24) is 19.7 Å². The lowest BCUT2D eigenvalue weighted by molar-refractivity contribution is -0.137. The highest BCUT2D eigenvalue weighted by molar-refractivity contribution is 9.10. The third-order valence-electron chi connectivity index (χ3n) is 4.06. The smallest absolute Gasteiger partial charge is 0.352 e. The third kappa shape index (κ3) is 3.63. The average Bonchev–Trinajstić information content (AvgIpc) is 2.99. The lowest BCUT2D eigenvalue weighted by Crippen LogP contribution is -2.49. The molecule has 25 heavy (non-hydrogen) atoms. The minimum absolute atomic E-state index is 0.112. The van der Waals surface area contributed by atoms with Gasteiger partial charge in [0.05, 0.1) is 10.0 Å². The molecule has 2 aromatic heterocycles. The summed E-state index contributed by atoms with van der Waals surface area (Å²) in [6, 6.07) is 2.68. The first-order valence-electron chi connectivity index (χ1n) is 7.52. The van der Waals surface area contributed by atoms with E-state index in [-0.39, 0.29) is 10.4 Å². The van der Waals surface area contributed by atoms with E-state index in [0.717, 1.165) is 12.3 Å². The van der Waals surface area contributed by atoms with Crippen LogP contribution in [-0.4, -0.2) is 51.8 Å². The van der Waals surface area contributed by atoms with Crippen LogP contribution in [0.5, 0.6) is 0 Å². The number of aromatic nitrogens is 3. The normalized spacial score (nSPS) is 15.6. The molecule has 0 bridgehead atoms. The van der Waals surface area contributed by atoms with Crippen LogP contribution in [0.3, 0.4) is 0 Å². The molecule has 0 saturated carbocycles. The SMILES string of the molecule is Cn1nccc1C(=O)N1CCN(c2ncc(C(F)(F)F)cc2Br)CC1. The van der Waals surface area contributed by atoms with Gasteiger partial charge in [0.25, 0.3) is 5.91 Å². The summed E-state index contributed by atoms with van der Waals surface area (Å²) in [6.45, 7) is 1.89. The predicted octanol–water partition coefficient (Wildman–Crippen LogP) is 2.56. The number of carbonyl (C=O) groups excluding carboxylic acids is 1. The lowest BCUT2D eigenvalue weighted by atomic mass is 10.2. The molecule has 2 aromatic rings. The fourth-order valence-corrected chi connectivity index (χ4v) is 3.29. The van der Waals surface area contributed by atoms with Crippen molar-refractivity contribution in [3.05, 3.63) is 40.3 Å². The number of rotatable bonds is 2. The number of amides is 1. The van der Waals surface area contributed by atoms with Crippen LogP contribution >= 0.6 is 15.9 Å². The maximum absolute atomic E-state index is 12.7. The Morgan fingerprint density at radius 2 is 1.92 bits per heavy atom. The van der Waals surface area contributed by atoms with Crippen molar-refractivity contribution in [3.8, 4) is 0 Å². The van der Waals surface area contributed by atoms with Crippen LogP contribution in [0.1, 0.15) is 16.1 Å². The Hall–Kier alpha value is -2.10. The molecule has 1 aliphatic rings. The molecule has 1 saturated heterocycles. The van der Waals surface area contributed by atoms with Crippen LogP contribution in [0.15, 0.2) is 29.0 Å². The first kappa shape index (κ1) is 17.7. The number of hydrogen-bond donors (Lipinski definition) is 0. The van der Waals surface area contributed by atoms with Crippen molar-refractivity contribution in [2.75, 3.05) is 31.1 Å². The summed E-state index contributed by atoms with van der Waals surface area (Å²) in [6.07, 6.45) is -2.04. The van der Waals surface area contributed by atoms with Gasteiger partial charge in [0.1, 0.15) is 11.5 Å². The molecule has 1 fully saturated rings. The molecular weight excluding hydrogens is 403 g/mol. The summed E-state index contributed by atoms with van der Waals surface area (Å²) < 4.78 is 40.0. The number of nitrogens with zero attached hydrogens (tertiary/aromatic N) is 5. The van der Waals surface area contributed by atoms with Gasteiger partial charge in [0.2, 0.25) is 0 Å². The van der Waals surface area contributed by atoms with Crippen LogP contribution in [0.2, 0.25) is 0 Å². The molecule has 134 valence electrons. The maximum atomic E-state index is 12.7. The Morgan fingerprint density at radius 1 is 1.24 bits per heavy atom. The summed E-state index contributed by atoms with van der Waals surface area (Å²) in [4.78, 5) is 19.9. The maximum Gasteiger partial charge on any atom is 0.417 e. The summed E-state index contributed by atoms with van der Waals surface area (Å²) in [5, 5.41) is 3.99. The summed E-state index contributed by atoms with van der Waals surface area (Å²) >= 11 is 3.16. The van der Waals surface area contributed by atoms with E-state index >= 15 is 0 Å². The van der Waals surface area contributed by atoms with Crippen molar-refractivity contribution in [3.63, 3.8) is 0 Å². The first-order chi connectivity index (χ1) is 11.8. The van der Waals surface area contributed by atoms with Gasteiger partial charge in [0, 0.05) is 45.6 Å². The van der Waals surface area contributed by atoms with Gasteiger partial charge in [-0.25, -0.2) is 4.98 Å². The molecule has 3 heterocycles. The zero-order valence-electron chi connectivity index (χ0n) is 13.3. The number of piperazine rings is 1. The minimum atomic E-state index is -4.43. The second-order valence-electron chi connectivity index (χ2n) is 5.65. The first-order valence-corrected chi connectivity index (χ1v) is 8.31. The van der Waals surface area contributed by atoms with Crippen molar-refractivity contribution in [2.45, 2.75) is 6.18 Å². The number of anilines is 1. The fraction of sp³-hybridized carbons (Fsp3) is 0.400. The van der Waals surface area contributed by atoms with Crippen LogP contribution < -0.4 is 4.90 Å². The van der Waals surface area contributed by atoms with Gasteiger partial charge < -0.3 is 9.80 Å². The van der Waals surface area contributed by atoms with Crippen molar-refractivity contribution < 1.29 is 18.0 Å². The monoisotopic (exact) mass is 417 g/mol. The number of halogens is 4. The van der Waals surface area contributed by atoms with Crippen molar-refractivity contribution in [1.29, 1.82) is 0 Å².